The number of carbonyl (C=O) groups is 4. The fourth-order valence-corrected chi connectivity index (χ4v) is 8.99. The zero-order valence-corrected chi connectivity index (χ0v) is 35.2. The molecule has 0 radical (unpaired) electrons. The third kappa shape index (κ3) is 9.93. The topological polar surface area (TPSA) is 115 Å². The van der Waals surface area contributed by atoms with Gasteiger partial charge in [-0.15, -0.1) is 0 Å². The molecule has 2 atom stereocenters. The van der Waals surface area contributed by atoms with Crippen molar-refractivity contribution in [2.24, 2.45) is 11.8 Å². The minimum atomic E-state index is -1.36. The van der Waals surface area contributed by atoms with Gasteiger partial charge in [0.15, 0.2) is 23.3 Å². The second-order valence-corrected chi connectivity index (χ2v) is 17.2. The molecule has 2 amide bonds. The van der Waals surface area contributed by atoms with Crippen molar-refractivity contribution >= 4 is 47.7 Å². The predicted octanol–water partition coefficient (Wildman–Crippen LogP) is 10.6. The molecule has 61 heavy (non-hydrogen) atoms. The molecule has 2 unspecified atom stereocenters. The highest BCUT2D eigenvalue weighted by Gasteiger charge is 2.30. The maximum absolute atomic E-state index is 16.5. The van der Waals surface area contributed by atoms with Crippen molar-refractivity contribution in [3.8, 4) is 22.3 Å². The van der Waals surface area contributed by atoms with Crippen LogP contribution in [0.15, 0.2) is 82.6 Å². The molecule has 8 nitrogen and oxygen atoms in total. The Morgan fingerprint density at radius 3 is 1.34 bits per heavy atom. The van der Waals surface area contributed by atoms with Gasteiger partial charge < -0.3 is 20.0 Å². The summed E-state index contributed by atoms with van der Waals surface area (Å²) in [5, 5.41) is 19.0. The van der Waals surface area contributed by atoms with E-state index in [0.717, 1.165) is 23.3 Å². The molecule has 2 N–H and O–H groups in total. The molecule has 0 saturated carbocycles. The summed E-state index contributed by atoms with van der Waals surface area (Å²) >= 11 is 0.493. The first-order valence-corrected chi connectivity index (χ1v) is 21.2. The van der Waals surface area contributed by atoms with Gasteiger partial charge in [-0.1, -0.05) is 88.0 Å². The standard InChI is InChI=1S/C48H48F4N2O6S/c1-27(2)31-13-5-7-15-33(31)37-23-39(45(51)43(49)35(37)17-19-41(55)53-21-9-11-29(25-53)47(57)58)61-40-24-38(34-16-8-6-14-32(34)28(3)4)36(44(50)46(40)52)18-20-42(56)54-22-10-12-30(26-54)48(59)60/h5-8,13-20,23-24,27-30H,9-12,21-22,25-26H2,1-4H3,(H,57,58)(H,59,60)/b19-17+,20-18+. The number of benzene rings is 4. The largest absolute Gasteiger partial charge is 0.481 e. The van der Waals surface area contributed by atoms with Crippen LogP contribution in [-0.4, -0.2) is 69.9 Å². The summed E-state index contributed by atoms with van der Waals surface area (Å²) < 4.78 is 65.9. The first kappa shape index (κ1) is 44.9. The minimum Gasteiger partial charge on any atom is -0.481 e. The summed E-state index contributed by atoms with van der Waals surface area (Å²) in [7, 11) is 0. The molecule has 0 bridgehead atoms. The zero-order valence-electron chi connectivity index (χ0n) is 34.4. The Balaban J connectivity index is 1.46. The lowest BCUT2D eigenvalue weighted by Crippen LogP contribution is -2.41. The van der Waals surface area contributed by atoms with E-state index in [4.69, 9.17) is 0 Å². The van der Waals surface area contributed by atoms with Crippen LogP contribution in [0.5, 0.6) is 0 Å². The molecule has 2 fully saturated rings. The van der Waals surface area contributed by atoms with Crippen LogP contribution in [0.1, 0.15) is 87.5 Å². The summed E-state index contributed by atoms with van der Waals surface area (Å²) in [5.41, 5.74) is 2.52. The van der Waals surface area contributed by atoms with Crippen LogP contribution < -0.4 is 0 Å². The molecule has 6 rings (SSSR count). The van der Waals surface area contributed by atoms with Crippen molar-refractivity contribution in [3.63, 3.8) is 0 Å². The number of hydrogen-bond donors (Lipinski definition) is 2. The average Bonchev–Trinajstić information content (AvgIpc) is 3.25. The number of aliphatic carboxylic acids is 2. The van der Waals surface area contributed by atoms with Gasteiger partial charge in [-0.2, -0.15) is 0 Å². The number of carboxylic acid groups (broad SMARTS) is 2. The highest BCUT2D eigenvalue weighted by Crippen LogP contribution is 2.44. The van der Waals surface area contributed by atoms with Crippen molar-refractivity contribution in [2.75, 3.05) is 26.2 Å². The van der Waals surface area contributed by atoms with Crippen molar-refractivity contribution in [1.29, 1.82) is 0 Å². The molecule has 2 saturated heterocycles. The summed E-state index contributed by atoms with van der Waals surface area (Å²) in [6.07, 6.45) is 6.31. The number of nitrogens with zero attached hydrogens (tertiary/aromatic N) is 2. The number of halogens is 4. The summed E-state index contributed by atoms with van der Waals surface area (Å²) in [5.74, 6) is -10.1. The first-order valence-electron chi connectivity index (χ1n) is 20.4. The van der Waals surface area contributed by atoms with E-state index >= 15 is 17.6 Å². The van der Waals surface area contributed by atoms with Gasteiger partial charge in [0.1, 0.15) is 0 Å². The van der Waals surface area contributed by atoms with E-state index in [1.54, 1.807) is 36.4 Å². The number of likely N-dealkylation sites (tertiary alicyclic amines) is 2. The van der Waals surface area contributed by atoms with E-state index in [2.05, 4.69) is 0 Å². The molecule has 13 heteroatoms. The van der Waals surface area contributed by atoms with Crippen LogP contribution in [0, 0.1) is 35.1 Å². The van der Waals surface area contributed by atoms with E-state index in [-0.39, 0.29) is 57.0 Å². The molecule has 4 aromatic carbocycles. The van der Waals surface area contributed by atoms with Gasteiger partial charge >= 0.3 is 11.9 Å². The summed E-state index contributed by atoms with van der Waals surface area (Å²) in [6.45, 7) is 8.31. The third-order valence-electron chi connectivity index (χ3n) is 11.3. The lowest BCUT2D eigenvalue weighted by Gasteiger charge is -2.29. The maximum atomic E-state index is 16.5. The van der Waals surface area contributed by atoms with Crippen LogP contribution in [0.4, 0.5) is 17.6 Å². The number of carbonyl (C=O) groups excluding carboxylic acids is 2. The molecule has 2 heterocycles. The summed E-state index contributed by atoms with van der Waals surface area (Å²) in [4.78, 5) is 51.8. The average molecular weight is 857 g/mol. The van der Waals surface area contributed by atoms with Crippen molar-refractivity contribution in [1.82, 2.24) is 9.80 Å². The second kappa shape index (κ2) is 19.4. The number of rotatable bonds is 12. The number of piperidine rings is 2. The van der Waals surface area contributed by atoms with Crippen LogP contribution in [0.25, 0.3) is 34.4 Å². The van der Waals surface area contributed by atoms with Gasteiger partial charge in [-0.25, -0.2) is 17.6 Å². The fourth-order valence-electron chi connectivity index (χ4n) is 8.04. The lowest BCUT2D eigenvalue weighted by atomic mass is 9.89. The Morgan fingerprint density at radius 2 is 0.984 bits per heavy atom. The molecule has 320 valence electrons. The minimum absolute atomic E-state index is 0.0176. The van der Waals surface area contributed by atoms with Gasteiger partial charge in [0.25, 0.3) is 0 Å². The van der Waals surface area contributed by atoms with E-state index < -0.39 is 58.9 Å². The van der Waals surface area contributed by atoms with E-state index in [0.29, 0.717) is 61.7 Å². The van der Waals surface area contributed by atoms with Crippen molar-refractivity contribution < 1.29 is 47.0 Å². The second-order valence-electron chi connectivity index (χ2n) is 16.1. The Morgan fingerprint density at radius 1 is 0.607 bits per heavy atom. The quantitative estimate of drug-likeness (QED) is 0.108. The van der Waals surface area contributed by atoms with Gasteiger partial charge in [-0.3, -0.25) is 19.2 Å². The molecule has 4 aromatic rings. The molecule has 0 aliphatic carbocycles. The first-order chi connectivity index (χ1) is 29.1. The zero-order chi connectivity index (χ0) is 44.1. The van der Waals surface area contributed by atoms with E-state index in [1.807, 2.05) is 39.8 Å². The number of carboxylic acids is 2. The monoisotopic (exact) mass is 856 g/mol. The SMILES string of the molecule is CC(C)c1ccccc1-c1cc(Sc2cc(-c3ccccc3C(C)C)c(/C=C/C(=O)N3CCCC(C(=O)O)C3)c(F)c2F)c(F)c(F)c1/C=C/C(=O)N1CCCC(C(=O)O)C1. The maximum Gasteiger partial charge on any atom is 0.308 e. The summed E-state index contributed by atoms with van der Waals surface area (Å²) in [6, 6.07) is 16.9. The normalized spacial score (nSPS) is 17.2. The van der Waals surface area contributed by atoms with Crippen LogP contribution in [-0.2, 0) is 19.2 Å². The smallest absolute Gasteiger partial charge is 0.308 e. The molecular formula is C48H48F4N2O6S. The molecule has 2 aliphatic heterocycles. The fraction of sp³-hybridized carbons (Fsp3) is 0.333. The third-order valence-corrected chi connectivity index (χ3v) is 12.4. The van der Waals surface area contributed by atoms with E-state index in [1.165, 1.54) is 34.1 Å². The Kier molecular flexibility index (Phi) is 14.2. The van der Waals surface area contributed by atoms with Crippen LogP contribution >= 0.6 is 11.8 Å². The highest BCUT2D eigenvalue weighted by atomic mass is 32.2. The number of hydrogen-bond acceptors (Lipinski definition) is 5. The molecule has 0 spiro atoms. The Bertz CT molecular complexity index is 2250. The van der Waals surface area contributed by atoms with Gasteiger partial charge in [0, 0.05) is 49.5 Å². The molecular weight excluding hydrogens is 809 g/mol. The highest BCUT2D eigenvalue weighted by molar-refractivity contribution is 7.99. The van der Waals surface area contributed by atoms with Gasteiger partial charge in [0.2, 0.25) is 11.8 Å². The predicted molar refractivity (Wildman–Crippen MR) is 228 cm³/mol. The van der Waals surface area contributed by atoms with Crippen LogP contribution in [0.2, 0.25) is 0 Å². The number of amides is 2. The Hall–Kier alpha value is -5.69. The van der Waals surface area contributed by atoms with E-state index in [9.17, 15) is 29.4 Å². The van der Waals surface area contributed by atoms with Gasteiger partial charge in [-0.05, 0) is 95.2 Å². The lowest BCUT2D eigenvalue weighted by molar-refractivity contribution is -0.146. The van der Waals surface area contributed by atoms with Crippen molar-refractivity contribution in [2.45, 2.75) is 75.0 Å². The molecule has 2 aliphatic rings. The van der Waals surface area contributed by atoms with Gasteiger partial charge in [0.05, 0.1) is 21.6 Å². The van der Waals surface area contributed by atoms with Crippen LogP contribution in [0.3, 0.4) is 0 Å². The molecule has 0 aromatic heterocycles. The Labute approximate surface area is 357 Å². The van der Waals surface area contributed by atoms with Crippen molar-refractivity contribution in [3.05, 3.63) is 118 Å².